The van der Waals surface area contributed by atoms with Crippen LogP contribution in [0.4, 0.5) is 0 Å². The number of hydrogen-bond donors (Lipinski definition) is 1. The third-order valence-corrected chi connectivity index (χ3v) is 12.4. The molecule has 1 aliphatic carbocycles. The number of sulfonamides is 1. The van der Waals surface area contributed by atoms with E-state index in [1.54, 1.807) is 33.8 Å². The maximum Gasteiger partial charge on any atom is 0.360 e. The Balaban J connectivity index is 2.13. The standard InChI is InChI=1S/C28H29ClNO8PS2/c1-19(2)37-39(32,38-20(3)4)28(30-41(35,36)23-16-14-21(29)15-17-23)18-26(27(31)24-12-8-9-13-25(24)28)40(33,34)22-10-6-5-7-11-22/h5-20,30H,1-4H3. The summed E-state index contributed by atoms with van der Waals surface area (Å²) in [6.07, 6.45) is -0.660. The fraction of sp³-hybridized carbons (Fsp3) is 0.250. The zero-order valence-electron chi connectivity index (χ0n) is 22.6. The van der Waals surface area contributed by atoms with Crippen molar-refractivity contribution >= 4 is 44.8 Å². The lowest BCUT2D eigenvalue weighted by Gasteiger charge is -2.42. The largest absolute Gasteiger partial charge is 0.360 e. The summed E-state index contributed by atoms with van der Waals surface area (Å²) >= 11 is 5.97. The van der Waals surface area contributed by atoms with Crippen LogP contribution in [-0.4, -0.2) is 34.8 Å². The number of hydrogen-bond acceptors (Lipinski definition) is 8. The van der Waals surface area contributed by atoms with E-state index in [0.29, 0.717) is 0 Å². The van der Waals surface area contributed by atoms with Crippen LogP contribution in [0.5, 0.6) is 0 Å². The van der Waals surface area contributed by atoms with E-state index in [1.807, 2.05) is 0 Å². The summed E-state index contributed by atoms with van der Waals surface area (Å²) in [5.41, 5.74) is -0.262. The molecular formula is C28H29ClNO8PS2. The molecule has 1 atom stereocenters. The molecule has 0 amide bonds. The summed E-state index contributed by atoms with van der Waals surface area (Å²) in [6, 6.07) is 18.1. The zero-order chi connectivity index (χ0) is 30.2. The first-order valence-corrected chi connectivity index (χ1v) is 17.5. The quantitative estimate of drug-likeness (QED) is 0.265. The molecule has 0 saturated carbocycles. The fourth-order valence-corrected chi connectivity index (χ4v) is 10.3. The van der Waals surface area contributed by atoms with E-state index in [-0.39, 0.29) is 25.9 Å². The highest BCUT2D eigenvalue weighted by molar-refractivity contribution is 7.96. The Morgan fingerprint density at radius 3 is 1.88 bits per heavy atom. The maximum absolute atomic E-state index is 15.0. The first-order chi connectivity index (χ1) is 19.1. The molecule has 0 aromatic heterocycles. The number of allylic oxidation sites excluding steroid dienone is 1. The second-order valence-electron chi connectivity index (χ2n) is 9.83. The lowest BCUT2D eigenvalue weighted by Crippen LogP contribution is -2.49. The second kappa shape index (κ2) is 11.6. The van der Waals surface area contributed by atoms with Crippen LogP contribution in [0.1, 0.15) is 43.6 Å². The van der Waals surface area contributed by atoms with Gasteiger partial charge >= 0.3 is 7.60 Å². The smallest absolute Gasteiger partial charge is 0.304 e. The molecule has 9 nitrogen and oxygen atoms in total. The van der Waals surface area contributed by atoms with Gasteiger partial charge in [-0.3, -0.25) is 9.36 Å². The monoisotopic (exact) mass is 637 g/mol. The minimum atomic E-state index is -4.73. The molecule has 1 unspecified atom stereocenters. The predicted octanol–water partition coefficient (Wildman–Crippen LogP) is 6.07. The van der Waals surface area contributed by atoms with Gasteiger partial charge in [-0.05, 0) is 70.2 Å². The van der Waals surface area contributed by atoms with Gasteiger partial charge in [0.2, 0.25) is 25.6 Å². The van der Waals surface area contributed by atoms with Gasteiger partial charge in [0.15, 0.2) is 5.28 Å². The van der Waals surface area contributed by atoms with Gasteiger partial charge in [0, 0.05) is 16.1 Å². The Kier molecular flexibility index (Phi) is 8.83. The number of ketones is 1. The summed E-state index contributed by atoms with van der Waals surface area (Å²) in [4.78, 5) is 12.5. The maximum atomic E-state index is 15.0. The molecule has 1 aliphatic rings. The van der Waals surface area contributed by atoms with E-state index >= 15 is 4.57 Å². The molecule has 3 aromatic carbocycles. The number of carbonyl (C=O) groups is 1. The molecule has 0 radical (unpaired) electrons. The van der Waals surface area contributed by atoms with Crippen LogP contribution >= 0.6 is 19.2 Å². The lowest BCUT2D eigenvalue weighted by atomic mass is 9.92. The average Bonchev–Trinajstić information content (AvgIpc) is 2.90. The van der Waals surface area contributed by atoms with E-state index < -0.39 is 55.6 Å². The Labute approximate surface area is 245 Å². The van der Waals surface area contributed by atoms with Crippen molar-refractivity contribution in [2.45, 2.75) is 55.0 Å². The van der Waals surface area contributed by atoms with Crippen LogP contribution in [0.2, 0.25) is 5.02 Å². The third-order valence-electron chi connectivity index (χ3n) is 6.03. The Morgan fingerprint density at radius 1 is 0.780 bits per heavy atom. The van der Waals surface area contributed by atoms with Crippen molar-refractivity contribution in [3.8, 4) is 0 Å². The summed E-state index contributed by atoms with van der Waals surface area (Å²) in [5.74, 6) is -0.897. The normalized spacial score (nSPS) is 17.9. The average molecular weight is 638 g/mol. The highest BCUT2D eigenvalue weighted by Crippen LogP contribution is 2.68. The van der Waals surface area contributed by atoms with Crippen molar-refractivity contribution in [3.05, 3.63) is 106 Å². The molecular weight excluding hydrogens is 609 g/mol. The predicted molar refractivity (Wildman–Crippen MR) is 156 cm³/mol. The summed E-state index contributed by atoms with van der Waals surface area (Å²) in [7, 11) is -13.8. The van der Waals surface area contributed by atoms with Gasteiger partial charge in [-0.2, -0.15) is 4.72 Å². The van der Waals surface area contributed by atoms with E-state index in [0.717, 1.165) is 6.08 Å². The number of nitrogens with one attached hydrogen (secondary N) is 1. The van der Waals surface area contributed by atoms with Crippen molar-refractivity contribution in [1.29, 1.82) is 0 Å². The highest BCUT2D eigenvalue weighted by atomic mass is 35.5. The van der Waals surface area contributed by atoms with Gasteiger partial charge in [0.05, 0.1) is 22.0 Å². The fourth-order valence-electron chi connectivity index (χ4n) is 4.40. The molecule has 13 heteroatoms. The SMILES string of the molecule is CC(C)OP(=O)(OC(C)C)C1(NS(=O)(=O)c2ccc(Cl)cc2)C=C(S(=O)(=O)c2ccccc2)C(=O)c2ccccc21. The number of fused-ring (bicyclic) bond motifs is 1. The molecule has 0 aliphatic heterocycles. The zero-order valence-corrected chi connectivity index (χ0v) is 25.9. The lowest BCUT2D eigenvalue weighted by molar-refractivity contribution is 0.103. The summed E-state index contributed by atoms with van der Waals surface area (Å²) < 4.78 is 84.8. The number of sulfone groups is 1. The van der Waals surface area contributed by atoms with Gasteiger partial charge in [-0.25, -0.2) is 16.8 Å². The van der Waals surface area contributed by atoms with E-state index in [9.17, 15) is 21.6 Å². The minimum Gasteiger partial charge on any atom is -0.304 e. The van der Waals surface area contributed by atoms with Crippen LogP contribution in [-0.2, 0) is 38.8 Å². The Hall–Kier alpha value is -2.63. The minimum absolute atomic E-state index is 0.0841. The van der Waals surface area contributed by atoms with E-state index in [2.05, 4.69) is 4.72 Å². The van der Waals surface area contributed by atoms with Gasteiger partial charge < -0.3 is 9.05 Å². The van der Waals surface area contributed by atoms with Crippen LogP contribution < -0.4 is 4.72 Å². The van der Waals surface area contributed by atoms with Crippen LogP contribution in [0.3, 0.4) is 0 Å². The molecule has 0 heterocycles. The van der Waals surface area contributed by atoms with Gasteiger partial charge in [0.25, 0.3) is 0 Å². The van der Waals surface area contributed by atoms with E-state index in [4.69, 9.17) is 20.6 Å². The number of carbonyl (C=O) groups excluding carboxylic acids is 1. The Morgan fingerprint density at radius 2 is 1.32 bits per heavy atom. The molecule has 0 saturated heterocycles. The number of benzene rings is 3. The topological polar surface area (TPSA) is 133 Å². The molecule has 1 N–H and O–H groups in total. The number of Topliss-reactive ketones (excluding diaryl/α,β-unsaturated/α-hetero) is 1. The van der Waals surface area contributed by atoms with Gasteiger partial charge in [-0.1, -0.05) is 54.1 Å². The molecule has 0 spiro atoms. The molecule has 41 heavy (non-hydrogen) atoms. The van der Waals surface area contributed by atoms with Crippen molar-refractivity contribution in [2.75, 3.05) is 0 Å². The first-order valence-electron chi connectivity index (χ1n) is 12.6. The van der Waals surface area contributed by atoms with Crippen molar-refractivity contribution in [1.82, 2.24) is 4.72 Å². The number of rotatable bonds is 10. The van der Waals surface area contributed by atoms with Crippen LogP contribution in [0.15, 0.2) is 99.6 Å². The van der Waals surface area contributed by atoms with Crippen molar-refractivity contribution < 1.29 is 35.2 Å². The molecule has 0 bridgehead atoms. The highest BCUT2D eigenvalue weighted by Gasteiger charge is 2.59. The van der Waals surface area contributed by atoms with Gasteiger partial charge in [-0.15, -0.1) is 0 Å². The first kappa shape index (κ1) is 31.3. The van der Waals surface area contributed by atoms with Crippen LogP contribution in [0.25, 0.3) is 0 Å². The summed E-state index contributed by atoms with van der Waals surface area (Å²) in [5, 5.41) is -2.19. The Bertz CT molecular complexity index is 1740. The van der Waals surface area contributed by atoms with Crippen molar-refractivity contribution in [2.24, 2.45) is 0 Å². The molecule has 4 rings (SSSR count). The second-order valence-corrected chi connectivity index (χ2v) is 16.0. The van der Waals surface area contributed by atoms with Crippen molar-refractivity contribution in [3.63, 3.8) is 0 Å². The molecule has 0 fully saturated rings. The third kappa shape index (κ3) is 5.99. The summed E-state index contributed by atoms with van der Waals surface area (Å²) in [6.45, 7) is 6.29. The van der Waals surface area contributed by atoms with Gasteiger partial charge in [0.1, 0.15) is 4.91 Å². The molecule has 3 aromatic rings. The van der Waals surface area contributed by atoms with E-state index in [1.165, 1.54) is 72.8 Å². The van der Waals surface area contributed by atoms with Crippen LogP contribution in [0, 0.1) is 0 Å². The number of halogens is 1. The molecule has 218 valence electrons.